The fourth-order valence-corrected chi connectivity index (χ4v) is 2.26. The first-order chi connectivity index (χ1) is 8.96. The zero-order valence-electron chi connectivity index (χ0n) is 12.3. The lowest BCUT2D eigenvalue weighted by Gasteiger charge is -2.29. The highest BCUT2D eigenvalue weighted by Gasteiger charge is 2.24. The summed E-state index contributed by atoms with van der Waals surface area (Å²) in [6.07, 6.45) is 4.17. The van der Waals surface area contributed by atoms with E-state index >= 15 is 0 Å². The van der Waals surface area contributed by atoms with Crippen molar-refractivity contribution in [3.8, 4) is 11.5 Å². The van der Waals surface area contributed by atoms with Gasteiger partial charge in [0.05, 0.1) is 13.2 Å². The SMILES string of the molecule is CCOC(C)c1cc2c(cc1OC)OC(C)(C)C=C2. The summed E-state index contributed by atoms with van der Waals surface area (Å²) < 4.78 is 17.1. The lowest BCUT2D eigenvalue weighted by atomic mass is 9.98. The van der Waals surface area contributed by atoms with Crippen LogP contribution in [0.1, 0.15) is 44.9 Å². The van der Waals surface area contributed by atoms with Crippen LogP contribution in [0, 0.1) is 0 Å². The van der Waals surface area contributed by atoms with Gasteiger partial charge in [0.25, 0.3) is 0 Å². The van der Waals surface area contributed by atoms with Gasteiger partial charge in [-0.25, -0.2) is 0 Å². The number of benzene rings is 1. The van der Waals surface area contributed by atoms with Crippen LogP contribution in [0.15, 0.2) is 18.2 Å². The molecule has 0 saturated heterocycles. The molecule has 19 heavy (non-hydrogen) atoms. The van der Waals surface area contributed by atoms with Crippen molar-refractivity contribution in [1.82, 2.24) is 0 Å². The molecular formula is C16H22O3. The molecule has 0 saturated carbocycles. The first kappa shape index (κ1) is 13.9. The van der Waals surface area contributed by atoms with Crippen molar-refractivity contribution in [1.29, 1.82) is 0 Å². The molecule has 0 spiro atoms. The molecule has 0 amide bonds. The number of ether oxygens (including phenoxy) is 3. The minimum absolute atomic E-state index is 0.00795. The van der Waals surface area contributed by atoms with Crippen LogP contribution in [0.4, 0.5) is 0 Å². The number of rotatable bonds is 4. The molecule has 1 unspecified atom stereocenters. The Morgan fingerprint density at radius 1 is 1.32 bits per heavy atom. The van der Waals surface area contributed by atoms with E-state index in [4.69, 9.17) is 14.2 Å². The average Bonchev–Trinajstić information content (AvgIpc) is 2.36. The van der Waals surface area contributed by atoms with Crippen molar-refractivity contribution in [3.63, 3.8) is 0 Å². The molecule has 0 N–H and O–H groups in total. The summed E-state index contributed by atoms with van der Waals surface area (Å²) in [5.41, 5.74) is 1.85. The standard InChI is InChI=1S/C16H22O3/c1-6-18-11(2)13-9-12-7-8-16(3,4)19-14(12)10-15(13)17-5/h7-11H,6H2,1-5H3. The van der Waals surface area contributed by atoms with Crippen molar-refractivity contribution in [2.75, 3.05) is 13.7 Å². The highest BCUT2D eigenvalue weighted by molar-refractivity contribution is 5.64. The molecule has 1 atom stereocenters. The first-order valence-electron chi connectivity index (χ1n) is 6.68. The molecule has 1 heterocycles. The van der Waals surface area contributed by atoms with E-state index in [0.29, 0.717) is 6.61 Å². The molecule has 1 aromatic carbocycles. The Hall–Kier alpha value is -1.48. The van der Waals surface area contributed by atoms with Crippen LogP contribution in [-0.2, 0) is 4.74 Å². The van der Waals surface area contributed by atoms with Crippen LogP contribution in [0.2, 0.25) is 0 Å². The van der Waals surface area contributed by atoms with Gasteiger partial charge in [0.2, 0.25) is 0 Å². The Morgan fingerprint density at radius 3 is 2.68 bits per heavy atom. The first-order valence-corrected chi connectivity index (χ1v) is 6.68. The normalized spacial score (nSPS) is 17.5. The van der Waals surface area contributed by atoms with E-state index in [9.17, 15) is 0 Å². The minimum atomic E-state index is -0.273. The van der Waals surface area contributed by atoms with E-state index < -0.39 is 0 Å². The molecule has 3 heteroatoms. The fraction of sp³-hybridized carbons (Fsp3) is 0.500. The molecular weight excluding hydrogens is 240 g/mol. The van der Waals surface area contributed by atoms with Gasteiger partial charge >= 0.3 is 0 Å². The Kier molecular flexibility index (Phi) is 3.85. The van der Waals surface area contributed by atoms with Gasteiger partial charge in [0.1, 0.15) is 17.1 Å². The Balaban J connectivity index is 2.43. The van der Waals surface area contributed by atoms with Gasteiger partial charge in [-0.05, 0) is 39.8 Å². The fourth-order valence-electron chi connectivity index (χ4n) is 2.26. The van der Waals surface area contributed by atoms with Crippen LogP contribution < -0.4 is 9.47 Å². The van der Waals surface area contributed by atoms with Gasteiger partial charge in [0.15, 0.2) is 0 Å². The van der Waals surface area contributed by atoms with E-state index in [2.05, 4.69) is 18.2 Å². The summed E-state index contributed by atoms with van der Waals surface area (Å²) in [6.45, 7) is 8.78. The third kappa shape index (κ3) is 2.92. The van der Waals surface area contributed by atoms with Gasteiger partial charge in [-0.3, -0.25) is 0 Å². The average molecular weight is 262 g/mol. The van der Waals surface area contributed by atoms with Crippen LogP contribution in [0.3, 0.4) is 0 Å². The van der Waals surface area contributed by atoms with E-state index in [1.165, 1.54) is 0 Å². The van der Waals surface area contributed by atoms with E-state index in [0.717, 1.165) is 22.6 Å². The molecule has 0 radical (unpaired) electrons. The monoisotopic (exact) mass is 262 g/mol. The van der Waals surface area contributed by atoms with Gasteiger partial charge < -0.3 is 14.2 Å². The summed E-state index contributed by atoms with van der Waals surface area (Å²) in [5.74, 6) is 1.67. The van der Waals surface area contributed by atoms with Crippen molar-refractivity contribution >= 4 is 6.08 Å². The highest BCUT2D eigenvalue weighted by atomic mass is 16.5. The maximum Gasteiger partial charge on any atom is 0.131 e. The summed E-state index contributed by atoms with van der Waals surface area (Å²) >= 11 is 0. The Bertz CT molecular complexity index is 489. The maximum atomic E-state index is 5.95. The van der Waals surface area contributed by atoms with E-state index in [-0.39, 0.29) is 11.7 Å². The zero-order chi connectivity index (χ0) is 14.0. The van der Waals surface area contributed by atoms with Gasteiger partial charge in [-0.2, -0.15) is 0 Å². The lowest BCUT2D eigenvalue weighted by molar-refractivity contribution is 0.0743. The second kappa shape index (κ2) is 5.25. The molecule has 0 aromatic heterocycles. The topological polar surface area (TPSA) is 27.7 Å². The molecule has 3 nitrogen and oxygen atoms in total. The zero-order valence-corrected chi connectivity index (χ0v) is 12.3. The van der Waals surface area contributed by atoms with Crippen LogP contribution in [-0.4, -0.2) is 19.3 Å². The third-order valence-electron chi connectivity index (χ3n) is 3.25. The molecule has 104 valence electrons. The highest BCUT2D eigenvalue weighted by Crippen LogP contribution is 2.38. The predicted molar refractivity (Wildman–Crippen MR) is 76.8 cm³/mol. The second-order valence-corrected chi connectivity index (χ2v) is 5.27. The summed E-state index contributed by atoms with van der Waals surface area (Å²) in [4.78, 5) is 0. The van der Waals surface area contributed by atoms with Crippen molar-refractivity contribution in [2.45, 2.75) is 39.4 Å². The molecule has 2 rings (SSSR count). The summed E-state index contributed by atoms with van der Waals surface area (Å²) in [5, 5.41) is 0. The van der Waals surface area contributed by atoms with Crippen LogP contribution in [0.5, 0.6) is 11.5 Å². The van der Waals surface area contributed by atoms with Crippen molar-refractivity contribution < 1.29 is 14.2 Å². The number of fused-ring (bicyclic) bond motifs is 1. The molecule has 1 aliphatic heterocycles. The lowest BCUT2D eigenvalue weighted by Crippen LogP contribution is -2.27. The summed E-state index contributed by atoms with van der Waals surface area (Å²) in [6, 6.07) is 4.03. The van der Waals surface area contributed by atoms with E-state index in [1.807, 2.05) is 33.8 Å². The largest absolute Gasteiger partial charge is 0.496 e. The van der Waals surface area contributed by atoms with Crippen molar-refractivity contribution in [3.05, 3.63) is 29.3 Å². The maximum absolute atomic E-state index is 5.95. The number of hydrogen-bond donors (Lipinski definition) is 0. The smallest absolute Gasteiger partial charge is 0.131 e. The van der Waals surface area contributed by atoms with Crippen LogP contribution >= 0.6 is 0 Å². The van der Waals surface area contributed by atoms with Gasteiger partial charge in [-0.15, -0.1) is 0 Å². The van der Waals surface area contributed by atoms with Gasteiger partial charge in [-0.1, -0.05) is 6.08 Å². The summed E-state index contributed by atoms with van der Waals surface area (Å²) in [7, 11) is 1.67. The Morgan fingerprint density at radius 2 is 2.05 bits per heavy atom. The molecule has 0 bridgehead atoms. The second-order valence-electron chi connectivity index (χ2n) is 5.27. The van der Waals surface area contributed by atoms with Crippen LogP contribution in [0.25, 0.3) is 6.08 Å². The van der Waals surface area contributed by atoms with Crippen molar-refractivity contribution in [2.24, 2.45) is 0 Å². The predicted octanol–water partition coefficient (Wildman–Crippen LogP) is 3.98. The van der Waals surface area contributed by atoms with Gasteiger partial charge in [0, 0.05) is 23.8 Å². The number of hydrogen-bond acceptors (Lipinski definition) is 3. The minimum Gasteiger partial charge on any atom is -0.496 e. The third-order valence-corrected chi connectivity index (χ3v) is 3.25. The van der Waals surface area contributed by atoms with E-state index in [1.54, 1.807) is 7.11 Å². The Labute approximate surface area is 115 Å². The number of methoxy groups -OCH3 is 1. The quantitative estimate of drug-likeness (QED) is 0.821. The molecule has 1 aromatic rings. The molecule has 0 aliphatic carbocycles. The molecule has 0 fully saturated rings. The molecule has 1 aliphatic rings.